The predicted octanol–water partition coefficient (Wildman–Crippen LogP) is 1.88. The largest absolute Gasteiger partial charge is 0.330 e. The van der Waals surface area contributed by atoms with Gasteiger partial charge >= 0.3 is 0 Å². The van der Waals surface area contributed by atoms with E-state index in [1.54, 1.807) is 11.3 Å². The number of fused-ring (bicyclic) bond motifs is 1. The highest BCUT2D eigenvalue weighted by atomic mass is 32.1. The zero-order chi connectivity index (χ0) is 11.7. The van der Waals surface area contributed by atoms with Crippen molar-refractivity contribution in [1.29, 1.82) is 0 Å². The molecule has 3 nitrogen and oxygen atoms in total. The average molecular weight is 251 g/mol. The maximum Gasteiger partial charge on any atom is 0.0941 e. The highest BCUT2D eigenvalue weighted by Crippen LogP contribution is 2.38. The fourth-order valence-corrected chi connectivity index (χ4v) is 4.16. The van der Waals surface area contributed by atoms with E-state index in [1.165, 1.54) is 43.1 Å². The SMILES string of the molecule is NCCc1nc(CN2CC3CCCC3C2)cs1. The Bertz CT molecular complexity index is 364. The van der Waals surface area contributed by atoms with E-state index < -0.39 is 0 Å². The summed E-state index contributed by atoms with van der Waals surface area (Å²) in [6.07, 6.45) is 5.30. The maximum atomic E-state index is 5.55. The van der Waals surface area contributed by atoms with Gasteiger partial charge in [0.05, 0.1) is 10.7 Å². The van der Waals surface area contributed by atoms with Crippen LogP contribution in [0.4, 0.5) is 0 Å². The van der Waals surface area contributed by atoms with E-state index in [0.717, 1.165) is 24.8 Å². The minimum atomic E-state index is 0.709. The van der Waals surface area contributed by atoms with E-state index in [0.29, 0.717) is 6.54 Å². The van der Waals surface area contributed by atoms with Gasteiger partial charge in [-0.2, -0.15) is 0 Å². The van der Waals surface area contributed by atoms with Gasteiger partial charge in [0.25, 0.3) is 0 Å². The van der Waals surface area contributed by atoms with Gasteiger partial charge in [-0.15, -0.1) is 11.3 Å². The van der Waals surface area contributed by atoms with Crippen molar-refractivity contribution in [3.05, 3.63) is 16.1 Å². The lowest BCUT2D eigenvalue weighted by Gasteiger charge is -2.14. The van der Waals surface area contributed by atoms with Crippen LogP contribution in [0, 0.1) is 11.8 Å². The molecule has 1 aliphatic heterocycles. The van der Waals surface area contributed by atoms with Crippen molar-refractivity contribution < 1.29 is 0 Å². The first-order valence-electron chi connectivity index (χ1n) is 6.71. The summed E-state index contributed by atoms with van der Waals surface area (Å²) in [5.74, 6) is 1.97. The Morgan fingerprint density at radius 2 is 2.12 bits per heavy atom. The average Bonchev–Trinajstić information content (AvgIpc) is 2.95. The second kappa shape index (κ2) is 5.04. The number of rotatable bonds is 4. The molecule has 2 heterocycles. The van der Waals surface area contributed by atoms with Crippen LogP contribution in [0.2, 0.25) is 0 Å². The summed E-state index contributed by atoms with van der Waals surface area (Å²) < 4.78 is 0. The minimum Gasteiger partial charge on any atom is -0.330 e. The summed E-state index contributed by atoms with van der Waals surface area (Å²) in [6, 6.07) is 0. The number of likely N-dealkylation sites (tertiary alicyclic amines) is 1. The second-order valence-electron chi connectivity index (χ2n) is 5.42. The molecule has 1 aliphatic carbocycles. The number of nitrogens with zero attached hydrogens (tertiary/aromatic N) is 2. The maximum absolute atomic E-state index is 5.55. The lowest BCUT2D eigenvalue weighted by Crippen LogP contribution is -2.21. The lowest BCUT2D eigenvalue weighted by molar-refractivity contribution is 0.300. The fraction of sp³-hybridized carbons (Fsp3) is 0.769. The van der Waals surface area contributed by atoms with Crippen molar-refractivity contribution in [2.45, 2.75) is 32.2 Å². The summed E-state index contributed by atoms with van der Waals surface area (Å²) in [5.41, 5.74) is 6.80. The van der Waals surface area contributed by atoms with E-state index in [2.05, 4.69) is 15.3 Å². The van der Waals surface area contributed by atoms with Crippen molar-refractivity contribution >= 4 is 11.3 Å². The summed E-state index contributed by atoms with van der Waals surface area (Å²) in [7, 11) is 0. The minimum absolute atomic E-state index is 0.709. The summed E-state index contributed by atoms with van der Waals surface area (Å²) in [4.78, 5) is 7.25. The van der Waals surface area contributed by atoms with Crippen LogP contribution >= 0.6 is 11.3 Å². The van der Waals surface area contributed by atoms with Crippen LogP contribution in [0.15, 0.2) is 5.38 Å². The Morgan fingerprint density at radius 1 is 1.35 bits per heavy atom. The van der Waals surface area contributed by atoms with Gasteiger partial charge in [0.2, 0.25) is 0 Å². The normalized spacial score (nSPS) is 28.8. The van der Waals surface area contributed by atoms with E-state index in [-0.39, 0.29) is 0 Å². The molecule has 3 rings (SSSR count). The Kier molecular flexibility index (Phi) is 3.45. The van der Waals surface area contributed by atoms with Gasteiger partial charge in [0.1, 0.15) is 0 Å². The molecular weight excluding hydrogens is 230 g/mol. The Labute approximate surface area is 107 Å². The molecule has 94 valence electrons. The molecule has 0 aromatic carbocycles. The van der Waals surface area contributed by atoms with Gasteiger partial charge in [-0.3, -0.25) is 4.90 Å². The fourth-order valence-electron chi connectivity index (χ4n) is 3.35. The predicted molar refractivity (Wildman–Crippen MR) is 71.0 cm³/mol. The van der Waals surface area contributed by atoms with Crippen LogP contribution < -0.4 is 5.73 Å². The van der Waals surface area contributed by atoms with Gasteiger partial charge in [0.15, 0.2) is 0 Å². The van der Waals surface area contributed by atoms with E-state index >= 15 is 0 Å². The number of hydrogen-bond acceptors (Lipinski definition) is 4. The standard InChI is InChI=1S/C13H21N3S/c14-5-4-13-15-12(9-17-13)8-16-6-10-2-1-3-11(10)7-16/h9-11H,1-8,14H2. The number of nitrogens with two attached hydrogens (primary N) is 1. The van der Waals surface area contributed by atoms with Crippen LogP contribution in [-0.4, -0.2) is 29.5 Å². The Morgan fingerprint density at radius 3 is 2.82 bits per heavy atom. The Balaban J connectivity index is 1.56. The van der Waals surface area contributed by atoms with E-state index in [1.807, 2.05) is 0 Å². The molecule has 2 atom stereocenters. The van der Waals surface area contributed by atoms with Crippen LogP contribution in [0.25, 0.3) is 0 Å². The summed E-state index contributed by atoms with van der Waals surface area (Å²) in [6.45, 7) is 4.36. The monoisotopic (exact) mass is 251 g/mol. The molecule has 1 saturated carbocycles. The third-order valence-corrected chi connectivity index (χ3v) is 5.10. The summed E-state index contributed by atoms with van der Waals surface area (Å²) >= 11 is 1.76. The molecule has 0 bridgehead atoms. The van der Waals surface area contributed by atoms with E-state index in [4.69, 9.17) is 5.73 Å². The molecule has 0 radical (unpaired) electrons. The van der Waals surface area contributed by atoms with Gasteiger partial charge in [-0.05, 0) is 31.2 Å². The quantitative estimate of drug-likeness (QED) is 0.888. The highest BCUT2D eigenvalue weighted by molar-refractivity contribution is 7.09. The third kappa shape index (κ3) is 2.54. The van der Waals surface area contributed by atoms with Gasteiger partial charge in [0, 0.05) is 31.4 Å². The van der Waals surface area contributed by atoms with Gasteiger partial charge in [-0.1, -0.05) is 6.42 Å². The molecule has 2 N–H and O–H groups in total. The number of hydrogen-bond donors (Lipinski definition) is 1. The first-order valence-corrected chi connectivity index (χ1v) is 7.59. The molecule has 2 unspecified atom stereocenters. The third-order valence-electron chi connectivity index (χ3n) is 4.15. The molecule has 2 aliphatic rings. The molecule has 4 heteroatoms. The number of thiazole rings is 1. The molecule has 1 aromatic heterocycles. The molecule has 0 amide bonds. The molecule has 1 saturated heterocycles. The Hall–Kier alpha value is -0.450. The van der Waals surface area contributed by atoms with E-state index in [9.17, 15) is 0 Å². The first kappa shape index (κ1) is 11.6. The second-order valence-corrected chi connectivity index (χ2v) is 6.36. The zero-order valence-electron chi connectivity index (χ0n) is 10.3. The molecule has 2 fully saturated rings. The number of aromatic nitrogens is 1. The van der Waals surface area contributed by atoms with Crippen LogP contribution in [-0.2, 0) is 13.0 Å². The smallest absolute Gasteiger partial charge is 0.0941 e. The van der Waals surface area contributed by atoms with Crippen molar-refractivity contribution in [1.82, 2.24) is 9.88 Å². The van der Waals surface area contributed by atoms with Gasteiger partial charge < -0.3 is 5.73 Å². The first-order chi connectivity index (χ1) is 8.35. The topological polar surface area (TPSA) is 42.1 Å². The molecule has 0 spiro atoms. The van der Waals surface area contributed by atoms with Crippen LogP contribution in [0.1, 0.15) is 30.0 Å². The zero-order valence-corrected chi connectivity index (χ0v) is 11.1. The molecule has 1 aromatic rings. The lowest BCUT2D eigenvalue weighted by atomic mass is 10.0. The molecular formula is C13H21N3S. The van der Waals surface area contributed by atoms with Crippen molar-refractivity contribution in [3.8, 4) is 0 Å². The van der Waals surface area contributed by atoms with Crippen LogP contribution in [0.3, 0.4) is 0 Å². The molecule has 17 heavy (non-hydrogen) atoms. The van der Waals surface area contributed by atoms with Crippen LogP contribution in [0.5, 0.6) is 0 Å². The summed E-state index contributed by atoms with van der Waals surface area (Å²) in [5, 5.41) is 3.40. The highest BCUT2D eigenvalue weighted by Gasteiger charge is 2.35. The van der Waals surface area contributed by atoms with Gasteiger partial charge in [-0.25, -0.2) is 4.98 Å². The van der Waals surface area contributed by atoms with Crippen molar-refractivity contribution in [2.24, 2.45) is 17.6 Å². The van der Waals surface area contributed by atoms with Crippen molar-refractivity contribution in [2.75, 3.05) is 19.6 Å². The van der Waals surface area contributed by atoms with Crippen molar-refractivity contribution in [3.63, 3.8) is 0 Å².